The molecule has 0 aliphatic heterocycles. The molecule has 6 heteroatoms. The fraction of sp³-hybridized carbons (Fsp3) is 0.500. The minimum atomic E-state index is -1.29. The highest BCUT2D eigenvalue weighted by Crippen LogP contribution is 1.92. The fourth-order valence-electron chi connectivity index (χ4n) is 0.592. The molecule has 68 valence electrons. The first-order chi connectivity index (χ1) is 5.67. The van der Waals surface area contributed by atoms with E-state index in [1.165, 1.54) is 7.11 Å². The fourth-order valence-corrected chi connectivity index (χ4v) is 0.592. The summed E-state index contributed by atoms with van der Waals surface area (Å²) in [6.07, 6.45) is 0.269. The molecule has 12 heavy (non-hydrogen) atoms. The van der Waals surface area contributed by atoms with Gasteiger partial charge in [-0.3, -0.25) is 0 Å². The number of rotatable bonds is 4. The molecule has 0 spiro atoms. The van der Waals surface area contributed by atoms with E-state index < -0.39 is 5.97 Å². The normalized spacial score (nSPS) is 12.8. The summed E-state index contributed by atoms with van der Waals surface area (Å²) >= 11 is 0. The van der Waals surface area contributed by atoms with E-state index in [-0.39, 0.29) is 17.8 Å². The minimum Gasteiger partial charge on any atom is -0.476 e. The summed E-state index contributed by atoms with van der Waals surface area (Å²) in [6.45, 7) is 1.64. The first-order valence-electron chi connectivity index (χ1n) is 3.23. The zero-order valence-corrected chi connectivity index (χ0v) is 6.81. The largest absolute Gasteiger partial charge is 0.476 e. The van der Waals surface area contributed by atoms with Crippen molar-refractivity contribution in [2.75, 3.05) is 7.11 Å². The van der Waals surface area contributed by atoms with Crippen LogP contribution in [-0.2, 0) is 9.63 Å². The number of carboxylic acid groups (broad SMARTS) is 1. The maximum Gasteiger partial charge on any atom is 0.360 e. The number of carbonyl (C=O) groups is 1. The molecule has 0 saturated carbocycles. The third-order valence-electron chi connectivity index (χ3n) is 1.11. The van der Waals surface area contributed by atoms with Crippen molar-refractivity contribution in [1.29, 1.82) is 0 Å². The van der Waals surface area contributed by atoms with Gasteiger partial charge in [0.2, 0.25) is 5.71 Å². The molecule has 0 radical (unpaired) electrons. The Morgan fingerprint density at radius 1 is 1.58 bits per heavy atom. The Balaban J connectivity index is 4.74. The number of nitrogens with zero attached hydrogens (tertiary/aromatic N) is 2. The molecule has 0 aliphatic rings. The molecule has 0 rings (SSSR count). The standard InChI is InChI=1S/C6H10N2O4/c1-3-4(7-11)5(6(9)10)8-12-2/h11H,3H2,1-2H3,(H,9,10). The smallest absolute Gasteiger partial charge is 0.360 e. The molecular weight excluding hydrogens is 164 g/mol. The van der Waals surface area contributed by atoms with E-state index in [4.69, 9.17) is 10.3 Å². The van der Waals surface area contributed by atoms with Crippen molar-refractivity contribution < 1.29 is 19.9 Å². The van der Waals surface area contributed by atoms with Crippen LogP contribution in [-0.4, -0.2) is 34.8 Å². The van der Waals surface area contributed by atoms with Crippen molar-refractivity contribution in [2.24, 2.45) is 10.3 Å². The number of hydrogen-bond donors (Lipinski definition) is 2. The second-order valence-corrected chi connectivity index (χ2v) is 1.83. The number of carboxylic acids is 1. The van der Waals surface area contributed by atoms with Crippen molar-refractivity contribution in [2.45, 2.75) is 13.3 Å². The molecule has 0 saturated heterocycles. The van der Waals surface area contributed by atoms with Crippen LogP contribution in [0.5, 0.6) is 0 Å². The Morgan fingerprint density at radius 2 is 2.17 bits per heavy atom. The van der Waals surface area contributed by atoms with Gasteiger partial charge in [-0.15, -0.1) is 0 Å². The zero-order chi connectivity index (χ0) is 9.56. The van der Waals surface area contributed by atoms with Gasteiger partial charge in [0.05, 0.1) is 0 Å². The lowest BCUT2D eigenvalue weighted by molar-refractivity contribution is -0.129. The molecule has 0 fully saturated rings. The Hall–Kier alpha value is -1.59. The summed E-state index contributed by atoms with van der Waals surface area (Å²) in [6, 6.07) is 0. The maximum atomic E-state index is 10.4. The highest BCUT2D eigenvalue weighted by Gasteiger charge is 2.16. The molecule has 0 atom stereocenters. The third-order valence-corrected chi connectivity index (χ3v) is 1.11. The summed E-state index contributed by atoms with van der Waals surface area (Å²) in [5.41, 5.74) is -0.410. The molecule has 0 aromatic rings. The molecular formula is C6H10N2O4. The molecule has 2 N–H and O–H groups in total. The van der Waals surface area contributed by atoms with Gasteiger partial charge >= 0.3 is 5.97 Å². The molecule has 0 aromatic heterocycles. The van der Waals surface area contributed by atoms with E-state index >= 15 is 0 Å². The SMILES string of the molecule is CCC(=NO)C(=NOC)C(=O)O. The van der Waals surface area contributed by atoms with Gasteiger partial charge in [0.1, 0.15) is 12.8 Å². The van der Waals surface area contributed by atoms with E-state index in [2.05, 4.69) is 15.1 Å². The molecule has 0 bridgehead atoms. The Kier molecular flexibility index (Phi) is 4.43. The van der Waals surface area contributed by atoms with Crippen LogP contribution in [0.3, 0.4) is 0 Å². The predicted molar refractivity (Wildman–Crippen MR) is 41.6 cm³/mol. The van der Waals surface area contributed by atoms with Gasteiger partial charge in [-0.1, -0.05) is 17.2 Å². The number of aliphatic carboxylic acids is 1. The monoisotopic (exact) mass is 174 g/mol. The second kappa shape index (κ2) is 5.11. The highest BCUT2D eigenvalue weighted by molar-refractivity contribution is 6.65. The van der Waals surface area contributed by atoms with Crippen LogP contribution in [0, 0.1) is 0 Å². The highest BCUT2D eigenvalue weighted by atomic mass is 16.6. The van der Waals surface area contributed by atoms with Crippen molar-refractivity contribution in [3.63, 3.8) is 0 Å². The third kappa shape index (κ3) is 2.57. The molecule has 0 unspecified atom stereocenters. The summed E-state index contributed by atoms with van der Waals surface area (Å²) < 4.78 is 0. The summed E-state index contributed by atoms with van der Waals surface area (Å²) in [5, 5.41) is 22.9. The number of hydrogen-bond acceptors (Lipinski definition) is 5. The summed E-state index contributed by atoms with van der Waals surface area (Å²) in [5.74, 6) is -1.29. The quantitative estimate of drug-likeness (QED) is 0.364. The van der Waals surface area contributed by atoms with Crippen LogP contribution in [0.1, 0.15) is 13.3 Å². The van der Waals surface area contributed by atoms with Crippen molar-refractivity contribution in [3.05, 3.63) is 0 Å². The van der Waals surface area contributed by atoms with E-state index in [1.54, 1.807) is 6.92 Å². The minimum absolute atomic E-state index is 0.0237. The van der Waals surface area contributed by atoms with Crippen LogP contribution < -0.4 is 0 Å². The lowest BCUT2D eigenvalue weighted by Gasteiger charge is -1.98. The van der Waals surface area contributed by atoms with E-state index in [0.717, 1.165) is 0 Å². The van der Waals surface area contributed by atoms with Gasteiger partial charge in [0.25, 0.3) is 0 Å². The summed E-state index contributed by atoms with van der Waals surface area (Å²) in [4.78, 5) is 14.7. The van der Waals surface area contributed by atoms with Crippen LogP contribution >= 0.6 is 0 Å². The van der Waals surface area contributed by atoms with Gasteiger partial charge < -0.3 is 15.2 Å². The average molecular weight is 174 g/mol. The molecule has 0 aliphatic carbocycles. The number of oxime groups is 2. The Labute approximate surface area is 69.1 Å². The lowest BCUT2D eigenvalue weighted by Crippen LogP contribution is -2.23. The van der Waals surface area contributed by atoms with Crippen molar-refractivity contribution >= 4 is 17.4 Å². The van der Waals surface area contributed by atoms with E-state index in [1.807, 2.05) is 0 Å². The molecule has 0 amide bonds. The van der Waals surface area contributed by atoms with Gasteiger partial charge in [-0.05, 0) is 6.42 Å². The Morgan fingerprint density at radius 3 is 2.42 bits per heavy atom. The lowest BCUT2D eigenvalue weighted by atomic mass is 10.2. The topological polar surface area (TPSA) is 91.5 Å². The first kappa shape index (κ1) is 10.4. The van der Waals surface area contributed by atoms with Crippen molar-refractivity contribution in [3.8, 4) is 0 Å². The first-order valence-corrected chi connectivity index (χ1v) is 3.23. The van der Waals surface area contributed by atoms with Gasteiger partial charge in [-0.25, -0.2) is 4.79 Å². The summed E-state index contributed by atoms with van der Waals surface area (Å²) in [7, 11) is 1.22. The van der Waals surface area contributed by atoms with Gasteiger partial charge in [-0.2, -0.15) is 0 Å². The van der Waals surface area contributed by atoms with Crippen molar-refractivity contribution in [1.82, 2.24) is 0 Å². The van der Waals surface area contributed by atoms with Gasteiger partial charge in [0, 0.05) is 0 Å². The Bertz CT molecular complexity index is 222. The second-order valence-electron chi connectivity index (χ2n) is 1.83. The molecule has 6 nitrogen and oxygen atoms in total. The van der Waals surface area contributed by atoms with E-state index in [9.17, 15) is 4.79 Å². The molecule has 0 heterocycles. The average Bonchev–Trinajstić information content (AvgIpc) is 2.05. The van der Waals surface area contributed by atoms with Gasteiger partial charge in [0.15, 0.2) is 0 Å². The van der Waals surface area contributed by atoms with Crippen LogP contribution in [0.15, 0.2) is 10.3 Å². The van der Waals surface area contributed by atoms with Crippen LogP contribution in [0.4, 0.5) is 0 Å². The maximum absolute atomic E-state index is 10.4. The van der Waals surface area contributed by atoms with Crippen LogP contribution in [0.2, 0.25) is 0 Å². The van der Waals surface area contributed by atoms with Crippen LogP contribution in [0.25, 0.3) is 0 Å². The zero-order valence-electron chi connectivity index (χ0n) is 6.81. The molecule has 0 aromatic carbocycles. The van der Waals surface area contributed by atoms with E-state index in [0.29, 0.717) is 0 Å². The predicted octanol–water partition coefficient (Wildman–Crippen LogP) is 0.314.